The van der Waals surface area contributed by atoms with Crippen molar-refractivity contribution in [2.75, 3.05) is 9.80 Å². The molecule has 11 aromatic carbocycles. The molecule has 2 nitrogen and oxygen atoms in total. The largest absolute Gasteiger partial charge is 0.310 e. The van der Waals surface area contributed by atoms with Crippen LogP contribution < -0.4 is 9.80 Å². The molecule has 0 amide bonds. The van der Waals surface area contributed by atoms with E-state index >= 15 is 0 Å². The summed E-state index contributed by atoms with van der Waals surface area (Å²) in [7, 11) is 0. The predicted molar refractivity (Wildman–Crippen MR) is 288 cm³/mol. The van der Waals surface area contributed by atoms with Crippen molar-refractivity contribution >= 4 is 34.1 Å². The van der Waals surface area contributed by atoms with Gasteiger partial charge in [0.05, 0.1) is 11.4 Å². The van der Waals surface area contributed by atoms with E-state index in [0.29, 0.717) is 0 Å². The Morgan fingerprint density at radius 3 is 0.691 bits per heavy atom. The van der Waals surface area contributed by atoms with Crippen LogP contribution in [-0.2, 0) is 0 Å². The van der Waals surface area contributed by atoms with Crippen molar-refractivity contribution in [3.05, 3.63) is 291 Å². The number of nitrogens with zero attached hydrogens (tertiary/aromatic N) is 2. The molecule has 0 spiro atoms. The van der Waals surface area contributed by atoms with Crippen LogP contribution in [0.1, 0.15) is 0 Å². The lowest BCUT2D eigenvalue weighted by atomic mass is 9.96. The topological polar surface area (TPSA) is 6.48 Å². The molecule has 0 bridgehead atoms. The van der Waals surface area contributed by atoms with E-state index in [4.69, 9.17) is 0 Å². The number of hydrogen-bond donors (Lipinski definition) is 0. The highest BCUT2D eigenvalue weighted by Crippen LogP contribution is 2.45. The summed E-state index contributed by atoms with van der Waals surface area (Å²) in [5.41, 5.74) is 20.8. The Hall–Kier alpha value is -8.98. The van der Waals surface area contributed by atoms with Crippen molar-refractivity contribution in [3.63, 3.8) is 0 Å². The van der Waals surface area contributed by atoms with Crippen molar-refractivity contribution < 1.29 is 0 Å². The molecule has 0 unspecified atom stereocenters. The quantitative estimate of drug-likeness (QED) is 0.121. The Morgan fingerprint density at radius 1 is 0.162 bits per heavy atom. The van der Waals surface area contributed by atoms with Gasteiger partial charge in [0.25, 0.3) is 0 Å². The van der Waals surface area contributed by atoms with Crippen molar-refractivity contribution in [1.82, 2.24) is 0 Å². The van der Waals surface area contributed by atoms with Gasteiger partial charge < -0.3 is 9.80 Å². The first-order chi connectivity index (χ1) is 33.7. The molecule has 11 rings (SSSR count). The fourth-order valence-corrected chi connectivity index (χ4v) is 9.25. The van der Waals surface area contributed by atoms with E-state index < -0.39 is 0 Å². The Morgan fingerprint density at radius 2 is 0.382 bits per heavy atom. The summed E-state index contributed by atoms with van der Waals surface area (Å²) in [6.07, 6.45) is 0. The minimum absolute atomic E-state index is 1.09. The van der Waals surface area contributed by atoms with Crippen LogP contribution in [-0.4, -0.2) is 0 Å². The van der Waals surface area contributed by atoms with E-state index in [9.17, 15) is 0 Å². The molecule has 2 heteroatoms. The lowest BCUT2D eigenvalue weighted by Crippen LogP contribution is -2.11. The molecule has 0 saturated heterocycles. The summed E-state index contributed by atoms with van der Waals surface area (Å²) < 4.78 is 0. The summed E-state index contributed by atoms with van der Waals surface area (Å²) in [5.74, 6) is 0. The van der Waals surface area contributed by atoms with Gasteiger partial charge in [0.2, 0.25) is 0 Å². The Kier molecular flexibility index (Phi) is 11.8. The zero-order valence-electron chi connectivity index (χ0n) is 37.6. The van der Waals surface area contributed by atoms with Gasteiger partial charge in [-0.15, -0.1) is 0 Å². The maximum atomic E-state index is 2.37. The number of para-hydroxylation sites is 2. The highest BCUT2D eigenvalue weighted by molar-refractivity contribution is 5.93. The van der Waals surface area contributed by atoms with Gasteiger partial charge in [0, 0.05) is 33.9 Å². The number of hydrogen-bond acceptors (Lipinski definition) is 2. The van der Waals surface area contributed by atoms with Crippen LogP contribution in [0.4, 0.5) is 34.1 Å². The summed E-state index contributed by atoms with van der Waals surface area (Å²) in [6, 6.07) is 105. The van der Waals surface area contributed by atoms with Crippen molar-refractivity contribution in [2.45, 2.75) is 0 Å². The van der Waals surface area contributed by atoms with Gasteiger partial charge in [-0.05, 0) is 128 Å². The van der Waals surface area contributed by atoms with Crippen LogP contribution in [0.5, 0.6) is 0 Å². The maximum absolute atomic E-state index is 2.37. The first-order valence-corrected chi connectivity index (χ1v) is 23.2. The van der Waals surface area contributed by atoms with Gasteiger partial charge >= 0.3 is 0 Å². The normalized spacial score (nSPS) is 10.9. The van der Waals surface area contributed by atoms with E-state index in [1.165, 1.54) is 55.6 Å². The van der Waals surface area contributed by atoms with E-state index in [2.05, 4.69) is 301 Å². The average Bonchev–Trinajstić information content (AvgIpc) is 3.43. The molecule has 0 N–H and O–H groups in total. The fraction of sp³-hybridized carbons (Fsp3) is 0. The van der Waals surface area contributed by atoms with Crippen LogP contribution in [0, 0.1) is 0 Å². The summed E-state index contributed by atoms with van der Waals surface area (Å²) >= 11 is 0. The monoisotopic (exact) mass is 868 g/mol. The van der Waals surface area contributed by atoms with Gasteiger partial charge in [0.1, 0.15) is 0 Å². The molecule has 0 aliphatic carbocycles. The Bertz CT molecular complexity index is 3140. The van der Waals surface area contributed by atoms with Crippen LogP contribution in [0.2, 0.25) is 0 Å². The first-order valence-electron chi connectivity index (χ1n) is 23.2. The molecule has 0 aromatic heterocycles. The highest BCUT2D eigenvalue weighted by atomic mass is 15.1. The molecule has 0 aliphatic heterocycles. The lowest BCUT2D eigenvalue weighted by molar-refractivity contribution is 1.28. The van der Waals surface area contributed by atoms with Crippen molar-refractivity contribution in [1.29, 1.82) is 0 Å². The molecule has 0 heterocycles. The number of anilines is 6. The van der Waals surface area contributed by atoms with Crippen LogP contribution in [0.15, 0.2) is 291 Å². The first kappa shape index (κ1) is 41.7. The third-order valence-corrected chi connectivity index (χ3v) is 12.7. The zero-order valence-corrected chi connectivity index (χ0v) is 37.6. The molecule has 0 atom stereocenters. The van der Waals surface area contributed by atoms with Gasteiger partial charge in [-0.2, -0.15) is 0 Å². The molecule has 0 aliphatic rings. The molecular formula is C66H48N2. The van der Waals surface area contributed by atoms with Crippen LogP contribution in [0.3, 0.4) is 0 Å². The van der Waals surface area contributed by atoms with Gasteiger partial charge in [0.15, 0.2) is 0 Å². The third kappa shape index (κ3) is 8.75. The smallest absolute Gasteiger partial charge is 0.0540 e. The summed E-state index contributed by atoms with van der Waals surface area (Å²) in [5, 5.41) is 0. The van der Waals surface area contributed by atoms with Crippen molar-refractivity contribution in [2.24, 2.45) is 0 Å². The molecular weight excluding hydrogens is 821 g/mol. The average molecular weight is 869 g/mol. The van der Waals surface area contributed by atoms with Crippen LogP contribution in [0.25, 0.3) is 66.8 Å². The van der Waals surface area contributed by atoms with E-state index in [1.54, 1.807) is 0 Å². The molecule has 0 radical (unpaired) electrons. The second-order valence-electron chi connectivity index (χ2n) is 16.9. The van der Waals surface area contributed by atoms with Crippen LogP contribution >= 0.6 is 0 Å². The minimum atomic E-state index is 1.09. The highest BCUT2D eigenvalue weighted by Gasteiger charge is 2.20. The molecule has 11 aromatic rings. The molecule has 0 fully saturated rings. The molecule has 68 heavy (non-hydrogen) atoms. The third-order valence-electron chi connectivity index (χ3n) is 12.7. The Labute approximate surface area is 400 Å². The fourth-order valence-electron chi connectivity index (χ4n) is 9.25. The SMILES string of the molecule is c1ccc(-c2ccc(N(c3ccccc3)c3ccc(-c4ccc(-c5ccc(N(c6ccccc6)c6ccc(-c7ccccc7)cc6-c6ccccc6)cc5)cc4)cc3)c(-c3ccccc3)c2)cc1. The predicted octanol–water partition coefficient (Wildman–Crippen LogP) is 18.6. The van der Waals surface area contributed by atoms with E-state index in [1.807, 2.05) is 0 Å². The second kappa shape index (κ2) is 19.2. The van der Waals surface area contributed by atoms with Gasteiger partial charge in [-0.1, -0.05) is 218 Å². The van der Waals surface area contributed by atoms with Crippen molar-refractivity contribution in [3.8, 4) is 66.8 Å². The van der Waals surface area contributed by atoms with E-state index in [-0.39, 0.29) is 0 Å². The molecule has 322 valence electrons. The van der Waals surface area contributed by atoms with Gasteiger partial charge in [-0.3, -0.25) is 0 Å². The maximum Gasteiger partial charge on any atom is 0.0540 e. The number of rotatable bonds is 12. The summed E-state index contributed by atoms with van der Waals surface area (Å²) in [6.45, 7) is 0. The standard InChI is InChI=1S/C66H48N2/c1-7-19-49(20-8-1)57-39-45-65(63(47-57)55-23-11-3-12-24-55)67(59-27-15-5-16-28-59)61-41-35-53(36-42-61)51-31-33-52(34-32-51)54-37-43-62(44-38-54)68(60-29-17-6-18-30-60)66-46-40-58(50-21-9-2-10-22-50)48-64(66)56-25-13-4-14-26-56/h1-48H. The second-order valence-corrected chi connectivity index (χ2v) is 16.9. The van der Waals surface area contributed by atoms with E-state index in [0.717, 1.165) is 45.3 Å². The minimum Gasteiger partial charge on any atom is -0.310 e. The summed E-state index contributed by atoms with van der Waals surface area (Å²) in [4.78, 5) is 4.74. The lowest BCUT2D eigenvalue weighted by Gasteiger charge is -2.28. The Balaban J connectivity index is 0.895. The zero-order chi connectivity index (χ0) is 45.5. The number of benzene rings is 11. The van der Waals surface area contributed by atoms with Gasteiger partial charge in [-0.25, -0.2) is 0 Å². The molecule has 0 saturated carbocycles.